The van der Waals surface area contributed by atoms with Crippen LogP contribution in [0.15, 0.2) is 35.4 Å². The molecule has 1 amide bonds. The minimum Gasteiger partial charge on any atom is -0.443 e. The van der Waals surface area contributed by atoms with Gasteiger partial charge < -0.3 is 15.8 Å². The molecule has 0 aromatic heterocycles. The van der Waals surface area contributed by atoms with Crippen molar-refractivity contribution in [2.75, 3.05) is 13.2 Å². The van der Waals surface area contributed by atoms with Crippen LogP contribution in [-0.2, 0) is 4.74 Å². The van der Waals surface area contributed by atoms with Crippen LogP contribution in [0, 0.1) is 0 Å². The van der Waals surface area contributed by atoms with Crippen LogP contribution in [-0.4, -0.2) is 30.1 Å². The van der Waals surface area contributed by atoms with E-state index in [1.54, 1.807) is 0 Å². The van der Waals surface area contributed by atoms with Crippen LogP contribution < -0.4 is 16.5 Å². The van der Waals surface area contributed by atoms with E-state index in [2.05, 4.69) is 22.8 Å². The first-order valence-corrected chi connectivity index (χ1v) is 7.12. The number of rotatable bonds is 7. The molecule has 1 aromatic carbocycles. The van der Waals surface area contributed by atoms with Gasteiger partial charge in [-0.05, 0) is 18.6 Å². The molecule has 0 aliphatic carbocycles. The molecule has 114 valence electrons. The van der Waals surface area contributed by atoms with E-state index in [1.807, 2.05) is 30.3 Å². The number of carbonyl (C=O) groups is 1. The molecule has 0 saturated heterocycles. The number of unbranched alkanes of at least 4 members (excludes halogenated alkanes) is 1. The minimum atomic E-state index is -0.470. The molecule has 0 heterocycles. The molecule has 0 aliphatic rings. The number of alkyl carbamates (subject to hydrolysis) is 1. The second-order valence-electron chi connectivity index (χ2n) is 4.26. The summed E-state index contributed by atoms with van der Waals surface area (Å²) in [4.78, 5) is 11.5. The Balaban J connectivity index is 2.60. The molecule has 1 aromatic rings. The van der Waals surface area contributed by atoms with Crippen LogP contribution in [0.2, 0.25) is 0 Å². The Bertz CT molecular complexity index is 491. The molecular weight excluding hydrogens is 288 g/mol. The molecule has 0 aliphatic heterocycles. The SMILES string of the molecule is CCCCNC(=O)OC/C(=N\NC(N)=S)c1ccccc1. The van der Waals surface area contributed by atoms with Crippen molar-refractivity contribution in [1.82, 2.24) is 10.7 Å². The predicted octanol–water partition coefficient (Wildman–Crippen LogP) is 1.75. The van der Waals surface area contributed by atoms with Gasteiger partial charge in [0.2, 0.25) is 0 Å². The van der Waals surface area contributed by atoms with Crippen LogP contribution >= 0.6 is 12.2 Å². The second kappa shape index (κ2) is 9.71. The summed E-state index contributed by atoms with van der Waals surface area (Å²) in [5, 5.41) is 6.78. The van der Waals surface area contributed by atoms with E-state index >= 15 is 0 Å². The lowest BCUT2D eigenvalue weighted by atomic mass is 10.1. The summed E-state index contributed by atoms with van der Waals surface area (Å²) in [6.45, 7) is 2.67. The fraction of sp³-hybridized carbons (Fsp3) is 0.357. The highest BCUT2D eigenvalue weighted by Gasteiger charge is 2.08. The number of hydrogen-bond donors (Lipinski definition) is 3. The summed E-state index contributed by atoms with van der Waals surface area (Å²) >= 11 is 4.71. The third-order valence-electron chi connectivity index (χ3n) is 2.55. The molecule has 0 radical (unpaired) electrons. The van der Waals surface area contributed by atoms with Gasteiger partial charge in [-0.1, -0.05) is 43.7 Å². The number of hydrazone groups is 1. The Labute approximate surface area is 129 Å². The van der Waals surface area contributed by atoms with Gasteiger partial charge >= 0.3 is 6.09 Å². The van der Waals surface area contributed by atoms with E-state index in [4.69, 9.17) is 22.7 Å². The van der Waals surface area contributed by atoms with Crippen LogP contribution in [0.3, 0.4) is 0 Å². The van der Waals surface area contributed by atoms with Gasteiger partial charge in [0.25, 0.3) is 0 Å². The molecular formula is C14H20N4O2S. The lowest BCUT2D eigenvalue weighted by molar-refractivity contribution is 0.161. The van der Waals surface area contributed by atoms with Crippen molar-refractivity contribution >= 4 is 29.1 Å². The summed E-state index contributed by atoms with van der Waals surface area (Å²) < 4.78 is 5.13. The summed E-state index contributed by atoms with van der Waals surface area (Å²) in [5.74, 6) is 0. The molecule has 1 rings (SSSR count). The normalized spacial score (nSPS) is 10.8. The maximum atomic E-state index is 11.5. The van der Waals surface area contributed by atoms with Crippen molar-refractivity contribution < 1.29 is 9.53 Å². The first-order valence-electron chi connectivity index (χ1n) is 6.71. The molecule has 6 nitrogen and oxygen atoms in total. The summed E-state index contributed by atoms with van der Waals surface area (Å²) in [7, 11) is 0. The van der Waals surface area contributed by atoms with Gasteiger partial charge in [0, 0.05) is 12.1 Å². The summed E-state index contributed by atoms with van der Waals surface area (Å²) in [6.07, 6.45) is 1.45. The number of amides is 1. The Kier molecular flexibility index (Phi) is 7.81. The Morgan fingerprint density at radius 1 is 1.38 bits per heavy atom. The smallest absolute Gasteiger partial charge is 0.407 e. The van der Waals surface area contributed by atoms with E-state index in [-0.39, 0.29) is 11.7 Å². The van der Waals surface area contributed by atoms with Crippen molar-refractivity contribution in [3.63, 3.8) is 0 Å². The molecule has 21 heavy (non-hydrogen) atoms. The highest BCUT2D eigenvalue weighted by molar-refractivity contribution is 7.80. The number of nitrogens with two attached hydrogens (primary N) is 1. The zero-order chi connectivity index (χ0) is 15.5. The lowest BCUT2D eigenvalue weighted by Gasteiger charge is -2.09. The van der Waals surface area contributed by atoms with Gasteiger partial charge in [-0.25, -0.2) is 4.79 Å². The van der Waals surface area contributed by atoms with Crippen molar-refractivity contribution in [2.45, 2.75) is 19.8 Å². The topological polar surface area (TPSA) is 88.7 Å². The Hall–Kier alpha value is -2.15. The Morgan fingerprint density at radius 2 is 2.10 bits per heavy atom. The fourth-order valence-corrected chi connectivity index (χ4v) is 1.53. The van der Waals surface area contributed by atoms with Crippen molar-refractivity contribution in [2.24, 2.45) is 10.8 Å². The number of benzene rings is 1. The quantitative estimate of drug-likeness (QED) is 0.309. The maximum absolute atomic E-state index is 11.5. The van der Waals surface area contributed by atoms with Crippen molar-refractivity contribution in [3.05, 3.63) is 35.9 Å². The summed E-state index contributed by atoms with van der Waals surface area (Å²) in [5.41, 5.74) is 9.21. The van der Waals surface area contributed by atoms with Crippen LogP contribution in [0.1, 0.15) is 25.3 Å². The number of hydrogen-bond acceptors (Lipinski definition) is 4. The molecule has 0 unspecified atom stereocenters. The zero-order valence-electron chi connectivity index (χ0n) is 12.0. The second-order valence-corrected chi connectivity index (χ2v) is 4.70. The van der Waals surface area contributed by atoms with Gasteiger partial charge in [0.1, 0.15) is 12.3 Å². The van der Waals surface area contributed by atoms with Gasteiger partial charge in [-0.3, -0.25) is 5.43 Å². The third kappa shape index (κ3) is 7.26. The fourth-order valence-electron chi connectivity index (χ4n) is 1.49. The molecule has 7 heteroatoms. The first-order chi connectivity index (χ1) is 10.1. The first kappa shape index (κ1) is 16.9. The third-order valence-corrected chi connectivity index (χ3v) is 2.64. The molecule has 0 fully saturated rings. The van der Waals surface area contributed by atoms with Gasteiger partial charge in [-0.2, -0.15) is 5.10 Å². The van der Waals surface area contributed by atoms with E-state index in [0.29, 0.717) is 12.3 Å². The van der Waals surface area contributed by atoms with Gasteiger partial charge in [0.15, 0.2) is 5.11 Å². The zero-order valence-corrected chi connectivity index (χ0v) is 12.8. The van der Waals surface area contributed by atoms with Gasteiger partial charge in [0.05, 0.1) is 0 Å². The van der Waals surface area contributed by atoms with Gasteiger partial charge in [-0.15, -0.1) is 0 Å². The van der Waals surface area contributed by atoms with E-state index in [1.165, 1.54) is 0 Å². The average molecular weight is 308 g/mol. The predicted molar refractivity (Wildman–Crippen MR) is 87.2 cm³/mol. The van der Waals surface area contributed by atoms with Crippen LogP contribution in [0.4, 0.5) is 4.79 Å². The van der Waals surface area contributed by atoms with E-state index < -0.39 is 6.09 Å². The number of thiocarbonyl (C=S) groups is 1. The average Bonchev–Trinajstić information content (AvgIpc) is 2.48. The minimum absolute atomic E-state index is 0.0254. The molecule has 4 N–H and O–H groups in total. The molecule has 0 spiro atoms. The van der Waals surface area contributed by atoms with Crippen molar-refractivity contribution in [3.8, 4) is 0 Å². The maximum Gasteiger partial charge on any atom is 0.407 e. The molecule has 0 saturated carbocycles. The lowest BCUT2D eigenvalue weighted by Crippen LogP contribution is -2.30. The molecule has 0 bridgehead atoms. The summed E-state index contributed by atoms with van der Waals surface area (Å²) in [6, 6.07) is 9.34. The van der Waals surface area contributed by atoms with Crippen LogP contribution in [0.5, 0.6) is 0 Å². The standard InChI is InChI=1S/C14H20N4O2S/c1-2-3-9-16-14(19)20-10-12(17-18-13(15)21)11-7-5-4-6-8-11/h4-8H,2-3,9-10H2,1H3,(H,16,19)(H3,15,18,21)/b17-12+. The number of carbonyl (C=O) groups excluding carboxylic acids is 1. The monoisotopic (exact) mass is 308 g/mol. The number of nitrogens with one attached hydrogen (secondary N) is 2. The van der Waals surface area contributed by atoms with E-state index in [9.17, 15) is 4.79 Å². The Morgan fingerprint density at radius 3 is 2.71 bits per heavy atom. The molecule has 0 atom stereocenters. The highest BCUT2D eigenvalue weighted by atomic mass is 32.1. The van der Waals surface area contributed by atoms with E-state index in [0.717, 1.165) is 18.4 Å². The van der Waals surface area contributed by atoms with Crippen LogP contribution in [0.25, 0.3) is 0 Å². The largest absolute Gasteiger partial charge is 0.443 e. The number of nitrogens with zero attached hydrogens (tertiary/aromatic N) is 1. The number of ether oxygens (including phenoxy) is 1. The van der Waals surface area contributed by atoms with Crippen molar-refractivity contribution in [1.29, 1.82) is 0 Å². The highest BCUT2D eigenvalue weighted by Crippen LogP contribution is 2.02.